The van der Waals surface area contributed by atoms with E-state index < -0.39 is 0 Å². The van der Waals surface area contributed by atoms with Gasteiger partial charge < -0.3 is 5.11 Å². The van der Waals surface area contributed by atoms with Crippen molar-refractivity contribution >= 4 is 11.6 Å². The molecular formula is C5H5ClN2O. The molecule has 1 heterocycles. The summed E-state index contributed by atoms with van der Waals surface area (Å²) in [6.45, 7) is 1.63. The Hall–Kier alpha value is -0.830. The van der Waals surface area contributed by atoms with E-state index in [9.17, 15) is 0 Å². The average molecular weight is 145 g/mol. The van der Waals surface area contributed by atoms with Crippen molar-refractivity contribution in [3.05, 3.63) is 16.9 Å². The summed E-state index contributed by atoms with van der Waals surface area (Å²) in [5.41, 5.74) is 0.447. The molecule has 1 rings (SSSR count). The molecule has 1 N–H and O–H groups in total. The maximum absolute atomic E-state index is 8.97. The zero-order chi connectivity index (χ0) is 6.85. The molecule has 0 aliphatic heterocycles. The first kappa shape index (κ1) is 6.29. The van der Waals surface area contributed by atoms with E-state index in [1.54, 1.807) is 6.92 Å². The summed E-state index contributed by atoms with van der Waals surface area (Å²) in [4.78, 5) is 0. The van der Waals surface area contributed by atoms with Crippen LogP contribution in [-0.4, -0.2) is 15.3 Å². The minimum absolute atomic E-state index is 0.00617. The van der Waals surface area contributed by atoms with Crippen LogP contribution in [-0.2, 0) is 0 Å². The summed E-state index contributed by atoms with van der Waals surface area (Å²) in [6, 6.07) is 0. The standard InChI is InChI=1S/C5H5ClN2O/c1-3-5(9)4(6)2-7-8-3/h2H,1H3,(H,7,9). The Balaban J connectivity index is 3.25. The number of aromatic nitrogens is 2. The molecule has 0 saturated heterocycles. The average Bonchev–Trinajstić information content (AvgIpc) is 1.83. The van der Waals surface area contributed by atoms with Crippen LogP contribution in [0, 0.1) is 6.92 Å². The van der Waals surface area contributed by atoms with Crippen LogP contribution < -0.4 is 0 Å². The second kappa shape index (κ2) is 2.19. The number of aryl methyl sites for hydroxylation is 1. The number of aromatic hydroxyl groups is 1. The second-order valence-corrected chi connectivity index (χ2v) is 2.03. The summed E-state index contributed by atoms with van der Waals surface area (Å²) >= 11 is 5.46. The third-order valence-corrected chi connectivity index (χ3v) is 1.22. The number of halogens is 1. The summed E-state index contributed by atoms with van der Waals surface area (Å²) in [6.07, 6.45) is 1.30. The van der Waals surface area contributed by atoms with Crippen LogP contribution in [0.5, 0.6) is 5.75 Å². The highest BCUT2D eigenvalue weighted by atomic mass is 35.5. The summed E-state index contributed by atoms with van der Waals surface area (Å²) in [7, 11) is 0. The summed E-state index contributed by atoms with van der Waals surface area (Å²) in [5, 5.41) is 16.3. The van der Waals surface area contributed by atoms with Crippen LogP contribution >= 0.6 is 11.6 Å². The van der Waals surface area contributed by atoms with Crippen molar-refractivity contribution < 1.29 is 5.11 Å². The lowest BCUT2D eigenvalue weighted by Crippen LogP contribution is -1.85. The zero-order valence-electron chi connectivity index (χ0n) is 4.80. The third kappa shape index (κ3) is 1.10. The van der Waals surface area contributed by atoms with E-state index in [4.69, 9.17) is 16.7 Å². The highest BCUT2D eigenvalue weighted by Gasteiger charge is 2.00. The molecule has 0 spiro atoms. The van der Waals surface area contributed by atoms with Gasteiger partial charge >= 0.3 is 0 Å². The van der Waals surface area contributed by atoms with Crippen molar-refractivity contribution in [2.75, 3.05) is 0 Å². The minimum Gasteiger partial charge on any atom is -0.504 e. The first-order valence-corrected chi connectivity index (χ1v) is 2.76. The van der Waals surface area contributed by atoms with E-state index in [1.165, 1.54) is 6.20 Å². The van der Waals surface area contributed by atoms with E-state index in [0.29, 0.717) is 5.69 Å². The van der Waals surface area contributed by atoms with Gasteiger partial charge in [-0.2, -0.15) is 10.2 Å². The molecule has 0 radical (unpaired) electrons. The molecule has 1 aromatic rings. The Morgan fingerprint density at radius 1 is 1.67 bits per heavy atom. The van der Waals surface area contributed by atoms with Crippen molar-refractivity contribution in [3.8, 4) is 5.75 Å². The largest absolute Gasteiger partial charge is 0.504 e. The first-order chi connectivity index (χ1) is 4.22. The molecule has 0 fully saturated rings. The fourth-order valence-electron chi connectivity index (χ4n) is 0.447. The molecule has 9 heavy (non-hydrogen) atoms. The Bertz CT molecular complexity index is 206. The van der Waals surface area contributed by atoms with Gasteiger partial charge in [0.05, 0.1) is 6.20 Å². The zero-order valence-corrected chi connectivity index (χ0v) is 5.55. The normalized spacial score (nSPS) is 9.56. The molecule has 0 unspecified atom stereocenters. The Kier molecular flexibility index (Phi) is 1.53. The van der Waals surface area contributed by atoms with Gasteiger partial charge in [-0.1, -0.05) is 11.6 Å². The molecule has 0 aliphatic carbocycles. The molecule has 0 aromatic carbocycles. The molecule has 0 amide bonds. The van der Waals surface area contributed by atoms with Gasteiger partial charge in [-0.3, -0.25) is 0 Å². The topological polar surface area (TPSA) is 46.0 Å². The highest BCUT2D eigenvalue weighted by molar-refractivity contribution is 6.31. The van der Waals surface area contributed by atoms with Gasteiger partial charge in [0.15, 0.2) is 5.75 Å². The van der Waals surface area contributed by atoms with Gasteiger partial charge in [0.2, 0.25) is 0 Å². The van der Waals surface area contributed by atoms with E-state index in [-0.39, 0.29) is 10.8 Å². The second-order valence-electron chi connectivity index (χ2n) is 1.63. The van der Waals surface area contributed by atoms with Crippen LogP contribution in [0.25, 0.3) is 0 Å². The van der Waals surface area contributed by atoms with E-state index >= 15 is 0 Å². The quantitative estimate of drug-likeness (QED) is 0.594. The lowest BCUT2D eigenvalue weighted by Gasteiger charge is -1.94. The predicted molar refractivity (Wildman–Crippen MR) is 33.4 cm³/mol. The summed E-state index contributed by atoms with van der Waals surface area (Å²) in [5.74, 6) is 0.00617. The highest BCUT2D eigenvalue weighted by Crippen LogP contribution is 2.22. The number of hydrogen-bond acceptors (Lipinski definition) is 3. The van der Waals surface area contributed by atoms with Crippen LogP contribution in [0.1, 0.15) is 5.69 Å². The maximum Gasteiger partial charge on any atom is 0.158 e. The molecular weight excluding hydrogens is 140 g/mol. The van der Waals surface area contributed by atoms with Crippen molar-refractivity contribution in [3.63, 3.8) is 0 Å². The number of hydrogen-bond donors (Lipinski definition) is 1. The maximum atomic E-state index is 8.97. The van der Waals surface area contributed by atoms with Gasteiger partial charge in [-0.05, 0) is 6.92 Å². The lowest BCUT2D eigenvalue weighted by atomic mass is 10.4. The van der Waals surface area contributed by atoms with Gasteiger partial charge in [0, 0.05) is 0 Å². The van der Waals surface area contributed by atoms with Crippen molar-refractivity contribution in [1.82, 2.24) is 10.2 Å². The molecule has 3 nitrogen and oxygen atoms in total. The minimum atomic E-state index is 0.00617. The number of rotatable bonds is 0. The van der Waals surface area contributed by atoms with Crippen molar-refractivity contribution in [2.45, 2.75) is 6.92 Å². The van der Waals surface area contributed by atoms with E-state index in [1.807, 2.05) is 0 Å². The fourth-order valence-corrected chi connectivity index (χ4v) is 0.628. The van der Waals surface area contributed by atoms with Crippen LogP contribution in [0.2, 0.25) is 5.02 Å². The van der Waals surface area contributed by atoms with Gasteiger partial charge in [0.1, 0.15) is 10.7 Å². The predicted octanol–water partition coefficient (Wildman–Crippen LogP) is 1.14. The summed E-state index contributed by atoms with van der Waals surface area (Å²) < 4.78 is 0. The van der Waals surface area contributed by atoms with E-state index in [0.717, 1.165) is 0 Å². The molecule has 0 saturated carbocycles. The molecule has 0 aliphatic rings. The Labute approximate surface area is 57.3 Å². The van der Waals surface area contributed by atoms with Gasteiger partial charge in [0.25, 0.3) is 0 Å². The number of nitrogens with zero attached hydrogens (tertiary/aromatic N) is 2. The molecule has 4 heteroatoms. The van der Waals surface area contributed by atoms with Gasteiger partial charge in [-0.25, -0.2) is 0 Å². The van der Waals surface area contributed by atoms with Crippen LogP contribution in [0.15, 0.2) is 6.20 Å². The third-order valence-electron chi connectivity index (χ3n) is 0.948. The Morgan fingerprint density at radius 3 is 2.78 bits per heavy atom. The van der Waals surface area contributed by atoms with Crippen LogP contribution in [0.3, 0.4) is 0 Å². The fraction of sp³-hybridized carbons (Fsp3) is 0.200. The van der Waals surface area contributed by atoms with Crippen molar-refractivity contribution in [1.29, 1.82) is 0 Å². The monoisotopic (exact) mass is 144 g/mol. The van der Waals surface area contributed by atoms with Crippen LogP contribution in [0.4, 0.5) is 0 Å². The molecule has 1 aromatic heterocycles. The Morgan fingerprint density at radius 2 is 2.33 bits per heavy atom. The lowest BCUT2D eigenvalue weighted by molar-refractivity contribution is 0.465. The molecule has 0 bridgehead atoms. The first-order valence-electron chi connectivity index (χ1n) is 2.38. The van der Waals surface area contributed by atoms with Crippen molar-refractivity contribution in [2.24, 2.45) is 0 Å². The molecule has 0 atom stereocenters. The molecule has 48 valence electrons. The SMILES string of the molecule is Cc1nncc(Cl)c1O. The van der Waals surface area contributed by atoms with Gasteiger partial charge in [-0.15, -0.1) is 0 Å². The van der Waals surface area contributed by atoms with E-state index in [2.05, 4.69) is 10.2 Å². The smallest absolute Gasteiger partial charge is 0.158 e.